The van der Waals surface area contributed by atoms with E-state index in [0.717, 1.165) is 24.4 Å². The summed E-state index contributed by atoms with van der Waals surface area (Å²) in [5, 5.41) is 6.81. The van der Waals surface area contributed by atoms with Crippen molar-refractivity contribution >= 4 is 40.5 Å². The van der Waals surface area contributed by atoms with Crippen molar-refractivity contribution in [1.82, 2.24) is 30.2 Å². The number of carbonyl (C=O) groups excluding carboxylic acids is 2. The summed E-state index contributed by atoms with van der Waals surface area (Å²) in [6.45, 7) is 1.31. The SMILES string of the molecule is COC(=O)CNC(=O)N1CCCC(CNc2nc(-c3c[nH]c4ncc(Cl)cc34)ncc2F)C1. The summed E-state index contributed by atoms with van der Waals surface area (Å²) < 4.78 is 18.9. The van der Waals surface area contributed by atoms with Gasteiger partial charge in [-0.05, 0) is 24.8 Å². The summed E-state index contributed by atoms with van der Waals surface area (Å²) in [6.07, 6.45) is 6.04. The van der Waals surface area contributed by atoms with Crippen LogP contribution in [0.25, 0.3) is 22.4 Å². The smallest absolute Gasteiger partial charge is 0.325 e. The number of fused-ring (bicyclic) bond motifs is 1. The molecule has 3 N–H and O–H groups in total. The number of anilines is 1. The van der Waals surface area contributed by atoms with Crippen molar-refractivity contribution in [2.24, 2.45) is 5.92 Å². The molecule has 10 nitrogen and oxygen atoms in total. The molecule has 1 atom stereocenters. The van der Waals surface area contributed by atoms with E-state index in [9.17, 15) is 14.0 Å². The van der Waals surface area contributed by atoms with E-state index in [1.165, 1.54) is 13.3 Å². The van der Waals surface area contributed by atoms with Gasteiger partial charge in [0.15, 0.2) is 17.5 Å². The van der Waals surface area contributed by atoms with Gasteiger partial charge in [0.1, 0.15) is 12.2 Å². The molecule has 3 aromatic heterocycles. The van der Waals surface area contributed by atoms with E-state index in [2.05, 4.69) is 35.3 Å². The largest absolute Gasteiger partial charge is 0.468 e. The number of hydrogen-bond acceptors (Lipinski definition) is 7. The van der Waals surface area contributed by atoms with Crippen LogP contribution in [0, 0.1) is 11.7 Å². The van der Waals surface area contributed by atoms with Crippen LogP contribution < -0.4 is 10.6 Å². The number of H-pyrrole nitrogens is 1. The molecule has 1 unspecified atom stereocenters. The number of halogens is 2. The highest BCUT2D eigenvalue weighted by atomic mass is 35.5. The maximum atomic E-state index is 14.4. The monoisotopic (exact) mass is 475 g/mol. The van der Waals surface area contributed by atoms with E-state index in [4.69, 9.17) is 11.6 Å². The zero-order valence-corrected chi connectivity index (χ0v) is 18.7. The number of esters is 1. The molecule has 3 aromatic rings. The van der Waals surface area contributed by atoms with Crippen LogP contribution in [-0.4, -0.2) is 70.1 Å². The van der Waals surface area contributed by atoms with Crippen LogP contribution >= 0.6 is 11.6 Å². The van der Waals surface area contributed by atoms with Crippen LogP contribution in [0.2, 0.25) is 5.02 Å². The molecule has 2 amide bonds. The predicted molar refractivity (Wildman–Crippen MR) is 120 cm³/mol. The Kier molecular flexibility index (Phi) is 6.87. The molecule has 1 aliphatic heterocycles. The number of methoxy groups -OCH3 is 1. The third-order valence-electron chi connectivity index (χ3n) is 5.46. The van der Waals surface area contributed by atoms with Crippen LogP contribution in [0.5, 0.6) is 0 Å². The Morgan fingerprint density at radius 3 is 3.03 bits per heavy atom. The Balaban J connectivity index is 1.41. The first-order valence-electron chi connectivity index (χ1n) is 10.4. The van der Waals surface area contributed by atoms with Crippen molar-refractivity contribution in [3.8, 4) is 11.4 Å². The number of urea groups is 1. The maximum absolute atomic E-state index is 14.4. The molecule has 1 fully saturated rings. The van der Waals surface area contributed by atoms with E-state index in [-0.39, 0.29) is 24.3 Å². The van der Waals surface area contributed by atoms with Crippen molar-refractivity contribution in [2.75, 3.05) is 38.6 Å². The van der Waals surface area contributed by atoms with Crippen molar-refractivity contribution < 1.29 is 18.7 Å². The summed E-state index contributed by atoms with van der Waals surface area (Å²) in [5.74, 6) is -0.574. The zero-order chi connectivity index (χ0) is 23.4. The number of nitrogens with one attached hydrogen (secondary N) is 3. The average Bonchev–Trinajstić information content (AvgIpc) is 3.25. The van der Waals surface area contributed by atoms with Gasteiger partial charge in [-0.1, -0.05) is 11.6 Å². The first-order chi connectivity index (χ1) is 15.9. The third-order valence-corrected chi connectivity index (χ3v) is 5.67. The molecule has 4 heterocycles. The fourth-order valence-corrected chi connectivity index (χ4v) is 3.93. The third kappa shape index (κ3) is 5.30. The van der Waals surface area contributed by atoms with Gasteiger partial charge in [-0.3, -0.25) is 4.79 Å². The van der Waals surface area contributed by atoms with Gasteiger partial charge in [0, 0.05) is 43.0 Å². The van der Waals surface area contributed by atoms with Gasteiger partial charge >= 0.3 is 12.0 Å². The van der Waals surface area contributed by atoms with E-state index < -0.39 is 11.8 Å². The number of aromatic amines is 1. The number of likely N-dealkylation sites (tertiary alicyclic amines) is 1. The van der Waals surface area contributed by atoms with E-state index in [1.54, 1.807) is 17.2 Å². The Labute approximate surface area is 193 Å². The molecule has 1 aliphatic rings. The summed E-state index contributed by atoms with van der Waals surface area (Å²) >= 11 is 6.06. The van der Waals surface area contributed by atoms with Crippen molar-refractivity contribution in [1.29, 1.82) is 0 Å². The fraction of sp³-hybridized carbons (Fsp3) is 0.381. The van der Waals surface area contributed by atoms with Gasteiger partial charge in [0.25, 0.3) is 0 Å². The van der Waals surface area contributed by atoms with Crippen molar-refractivity contribution in [3.63, 3.8) is 0 Å². The molecule has 0 aromatic carbocycles. The molecule has 1 saturated heterocycles. The summed E-state index contributed by atoms with van der Waals surface area (Å²) in [5.41, 5.74) is 1.29. The Morgan fingerprint density at radius 1 is 1.36 bits per heavy atom. The van der Waals surface area contributed by atoms with Crippen LogP contribution in [0.4, 0.5) is 15.0 Å². The molecule has 174 valence electrons. The number of hydrogen-bond donors (Lipinski definition) is 3. The lowest BCUT2D eigenvalue weighted by Gasteiger charge is -2.32. The molecular formula is C21H23ClFN7O3. The van der Waals surface area contributed by atoms with E-state index in [0.29, 0.717) is 41.7 Å². The minimum atomic E-state index is -0.571. The number of amides is 2. The highest BCUT2D eigenvalue weighted by Crippen LogP contribution is 2.28. The minimum absolute atomic E-state index is 0.0802. The minimum Gasteiger partial charge on any atom is -0.468 e. The number of rotatable bonds is 6. The molecule has 0 spiro atoms. The molecular weight excluding hydrogens is 453 g/mol. The predicted octanol–water partition coefficient (Wildman–Crippen LogP) is 2.82. The Hall–Kier alpha value is -3.47. The average molecular weight is 476 g/mol. The topological polar surface area (TPSA) is 125 Å². The second kappa shape index (κ2) is 9.99. The molecule has 12 heteroatoms. The number of ether oxygens (including phenoxy) is 1. The van der Waals surface area contributed by atoms with E-state index >= 15 is 0 Å². The second-order valence-electron chi connectivity index (χ2n) is 7.71. The lowest BCUT2D eigenvalue weighted by atomic mass is 9.98. The second-order valence-corrected chi connectivity index (χ2v) is 8.15. The molecule has 0 aliphatic carbocycles. The van der Waals surface area contributed by atoms with Gasteiger partial charge in [-0.15, -0.1) is 0 Å². The summed E-state index contributed by atoms with van der Waals surface area (Å²) in [7, 11) is 1.26. The fourth-order valence-electron chi connectivity index (χ4n) is 3.77. The lowest BCUT2D eigenvalue weighted by Crippen LogP contribution is -2.47. The van der Waals surface area contributed by atoms with Crippen molar-refractivity contribution in [2.45, 2.75) is 12.8 Å². The highest BCUT2D eigenvalue weighted by molar-refractivity contribution is 6.31. The normalized spacial score (nSPS) is 16.0. The van der Waals surface area contributed by atoms with Crippen molar-refractivity contribution in [3.05, 3.63) is 35.5 Å². The van der Waals surface area contributed by atoms with Crippen LogP contribution in [0.3, 0.4) is 0 Å². The summed E-state index contributed by atoms with van der Waals surface area (Å²) in [4.78, 5) is 40.9. The zero-order valence-electron chi connectivity index (χ0n) is 17.9. The maximum Gasteiger partial charge on any atom is 0.325 e. The van der Waals surface area contributed by atoms with Gasteiger partial charge < -0.3 is 25.3 Å². The molecule has 0 radical (unpaired) electrons. The Morgan fingerprint density at radius 2 is 2.21 bits per heavy atom. The first-order valence-corrected chi connectivity index (χ1v) is 10.8. The molecule has 4 rings (SSSR count). The number of piperidine rings is 1. The highest BCUT2D eigenvalue weighted by Gasteiger charge is 2.24. The van der Waals surface area contributed by atoms with Crippen LogP contribution in [0.1, 0.15) is 12.8 Å². The summed E-state index contributed by atoms with van der Waals surface area (Å²) in [6, 6.07) is 1.42. The number of carbonyl (C=O) groups is 2. The number of aromatic nitrogens is 4. The van der Waals surface area contributed by atoms with Gasteiger partial charge in [0.05, 0.1) is 18.3 Å². The number of nitrogens with zero attached hydrogens (tertiary/aromatic N) is 4. The Bertz CT molecular complexity index is 1170. The first kappa shape index (κ1) is 22.7. The van der Waals surface area contributed by atoms with Gasteiger partial charge in [-0.2, -0.15) is 0 Å². The number of pyridine rings is 1. The van der Waals surface area contributed by atoms with Crippen LogP contribution in [-0.2, 0) is 9.53 Å². The quantitative estimate of drug-likeness (QED) is 0.468. The standard InChI is InChI=1S/C21H23ClFN7O3/c1-33-17(31)10-28-21(32)30-4-2-3-12(11-30)6-24-20-16(23)9-27-19(29-20)15-8-26-18-14(15)5-13(22)7-25-18/h5,7-9,12H,2-4,6,10-11H2,1H3,(H,25,26)(H,28,32)(H,24,27,29). The molecule has 0 saturated carbocycles. The lowest BCUT2D eigenvalue weighted by molar-refractivity contribution is -0.139. The van der Waals surface area contributed by atoms with Gasteiger partial charge in [-0.25, -0.2) is 24.1 Å². The molecule has 0 bridgehead atoms. The van der Waals surface area contributed by atoms with E-state index in [1.807, 2.05) is 0 Å². The van der Waals surface area contributed by atoms with Crippen LogP contribution in [0.15, 0.2) is 24.7 Å². The molecule has 33 heavy (non-hydrogen) atoms. The van der Waals surface area contributed by atoms with Gasteiger partial charge in [0.2, 0.25) is 0 Å².